The molecule has 1 saturated heterocycles. The quantitative estimate of drug-likeness (QED) is 0.746. The summed E-state index contributed by atoms with van der Waals surface area (Å²) < 4.78 is 5.21. The summed E-state index contributed by atoms with van der Waals surface area (Å²) in [6.45, 7) is 9.24. The van der Waals surface area contributed by atoms with Gasteiger partial charge >= 0.3 is 6.09 Å². The van der Waals surface area contributed by atoms with Crippen LogP contribution in [0.15, 0.2) is 0 Å². The van der Waals surface area contributed by atoms with E-state index < -0.39 is 5.60 Å². The van der Waals surface area contributed by atoms with Gasteiger partial charge in [0, 0.05) is 25.7 Å². The lowest BCUT2D eigenvalue weighted by Crippen LogP contribution is -2.54. The van der Waals surface area contributed by atoms with E-state index in [1.165, 1.54) is 0 Å². The Hall–Kier alpha value is -1.01. The molecule has 0 bridgehead atoms. The second-order valence-corrected chi connectivity index (χ2v) is 7.20. The number of alkyl halides is 1. The average Bonchev–Trinajstić information content (AvgIpc) is 2.50. The number of aliphatic hydroxyl groups is 1. The lowest BCUT2D eigenvalue weighted by atomic mass is 9.90. The van der Waals surface area contributed by atoms with Crippen molar-refractivity contribution in [2.24, 2.45) is 5.92 Å². The van der Waals surface area contributed by atoms with E-state index in [1.54, 1.807) is 9.80 Å². The molecule has 23 heavy (non-hydrogen) atoms. The van der Waals surface area contributed by atoms with Gasteiger partial charge in [-0.25, -0.2) is 4.79 Å². The zero-order valence-electron chi connectivity index (χ0n) is 14.5. The summed E-state index contributed by atoms with van der Waals surface area (Å²) in [5, 5.41) is 10.7. The van der Waals surface area contributed by atoms with Crippen LogP contribution in [0.2, 0.25) is 0 Å². The second kappa shape index (κ2) is 8.73. The number of carbonyl (C=O) groups is 2. The number of ether oxygens (including phenoxy) is 1. The van der Waals surface area contributed by atoms with Gasteiger partial charge in [0.05, 0.1) is 12.2 Å². The molecule has 1 aliphatic heterocycles. The van der Waals surface area contributed by atoms with E-state index >= 15 is 0 Å². The van der Waals surface area contributed by atoms with Crippen molar-refractivity contribution in [2.45, 2.75) is 52.2 Å². The lowest BCUT2D eigenvalue weighted by Gasteiger charge is -2.41. The minimum absolute atomic E-state index is 0.0284. The van der Waals surface area contributed by atoms with Crippen LogP contribution in [0.25, 0.3) is 0 Å². The summed E-state index contributed by atoms with van der Waals surface area (Å²) in [6.07, 6.45) is 0.504. The van der Waals surface area contributed by atoms with E-state index in [0.29, 0.717) is 38.5 Å². The van der Waals surface area contributed by atoms with Gasteiger partial charge in [0.15, 0.2) is 0 Å². The molecule has 0 atom stereocenters. The van der Waals surface area contributed by atoms with Crippen LogP contribution in [0.4, 0.5) is 4.79 Å². The predicted octanol–water partition coefficient (Wildman–Crippen LogP) is 2.08. The molecular formula is C16H29ClN2O4. The van der Waals surface area contributed by atoms with Crippen molar-refractivity contribution in [1.29, 1.82) is 0 Å². The maximum atomic E-state index is 11.9. The van der Waals surface area contributed by atoms with Crippen LogP contribution in [-0.4, -0.2) is 70.7 Å². The second-order valence-electron chi connectivity index (χ2n) is 6.93. The molecule has 7 heteroatoms. The Morgan fingerprint density at radius 2 is 1.83 bits per heavy atom. The number of hydrogen-bond acceptors (Lipinski definition) is 4. The number of amides is 2. The van der Waals surface area contributed by atoms with Crippen LogP contribution in [0.3, 0.4) is 0 Å². The summed E-state index contributed by atoms with van der Waals surface area (Å²) in [5.41, 5.74) is -0.985. The number of hydrogen-bond donors (Lipinski definition) is 1. The van der Waals surface area contributed by atoms with Gasteiger partial charge in [-0.15, -0.1) is 11.6 Å². The van der Waals surface area contributed by atoms with Crippen LogP contribution in [0.1, 0.15) is 40.5 Å². The number of carbonyl (C=O) groups excluding carboxylic acids is 2. The predicted molar refractivity (Wildman–Crippen MR) is 89.5 cm³/mol. The molecular weight excluding hydrogens is 320 g/mol. The highest BCUT2D eigenvalue weighted by Gasteiger charge is 2.37. The topological polar surface area (TPSA) is 70.1 Å². The standard InChI is InChI=1S/C16H29ClN2O4/c1-12(2)10-23-15(21)18-7-5-16(22,6-8-18)11-19(13(3)4)14(20)9-17/h12-13,22H,5-11H2,1-4H3. The number of halogens is 1. The van der Waals surface area contributed by atoms with Crippen molar-refractivity contribution in [3.8, 4) is 0 Å². The van der Waals surface area contributed by atoms with Crippen LogP contribution in [0, 0.1) is 5.92 Å². The highest BCUT2D eigenvalue weighted by molar-refractivity contribution is 6.27. The molecule has 0 spiro atoms. The van der Waals surface area contributed by atoms with Gasteiger partial charge in [0.25, 0.3) is 0 Å². The Morgan fingerprint density at radius 1 is 1.26 bits per heavy atom. The van der Waals surface area contributed by atoms with E-state index in [0.717, 1.165) is 0 Å². The summed E-state index contributed by atoms with van der Waals surface area (Å²) >= 11 is 5.64. The van der Waals surface area contributed by atoms with Gasteiger partial charge in [-0.1, -0.05) is 13.8 Å². The van der Waals surface area contributed by atoms with Crippen molar-refractivity contribution in [3.63, 3.8) is 0 Å². The normalized spacial score (nSPS) is 17.5. The van der Waals surface area contributed by atoms with Crippen molar-refractivity contribution >= 4 is 23.6 Å². The average molecular weight is 349 g/mol. The fourth-order valence-electron chi connectivity index (χ4n) is 2.55. The third-order valence-electron chi connectivity index (χ3n) is 4.02. The van der Waals surface area contributed by atoms with Crippen LogP contribution in [0.5, 0.6) is 0 Å². The van der Waals surface area contributed by atoms with Gasteiger partial charge in [0.2, 0.25) is 5.91 Å². The summed E-state index contributed by atoms with van der Waals surface area (Å²) in [5.74, 6) is 0.0118. The van der Waals surface area contributed by atoms with Crippen molar-refractivity contribution < 1.29 is 19.4 Å². The van der Waals surface area contributed by atoms with Gasteiger partial charge in [-0.3, -0.25) is 4.79 Å². The molecule has 0 saturated carbocycles. The zero-order valence-corrected chi connectivity index (χ0v) is 15.3. The molecule has 6 nitrogen and oxygen atoms in total. The van der Waals surface area contributed by atoms with E-state index in [-0.39, 0.29) is 30.5 Å². The summed E-state index contributed by atoms with van der Waals surface area (Å²) in [4.78, 5) is 27.0. The molecule has 0 unspecified atom stereocenters. The largest absolute Gasteiger partial charge is 0.449 e. The van der Waals surface area contributed by atoms with Gasteiger partial charge in [-0.05, 0) is 32.6 Å². The SMILES string of the molecule is CC(C)COC(=O)N1CCC(O)(CN(C(=O)CCl)C(C)C)CC1. The summed E-state index contributed by atoms with van der Waals surface area (Å²) in [6, 6.07) is -0.0284. The fraction of sp³-hybridized carbons (Fsp3) is 0.875. The van der Waals surface area contributed by atoms with Crippen molar-refractivity contribution in [3.05, 3.63) is 0 Å². The first-order valence-corrected chi connectivity index (χ1v) is 8.71. The van der Waals surface area contributed by atoms with Crippen LogP contribution in [-0.2, 0) is 9.53 Å². The number of piperidine rings is 1. The van der Waals surface area contributed by atoms with Crippen molar-refractivity contribution in [2.75, 3.05) is 32.1 Å². The van der Waals surface area contributed by atoms with Gasteiger partial charge in [-0.2, -0.15) is 0 Å². The molecule has 0 aromatic carbocycles. The minimum Gasteiger partial charge on any atom is -0.449 e. The Balaban J connectivity index is 2.55. The molecule has 0 aromatic rings. The third kappa shape index (κ3) is 6.18. The molecule has 1 rings (SSSR count). The maximum absolute atomic E-state index is 11.9. The monoisotopic (exact) mass is 348 g/mol. The molecule has 1 aliphatic rings. The number of nitrogens with zero attached hydrogens (tertiary/aromatic N) is 2. The lowest BCUT2D eigenvalue weighted by molar-refractivity contribution is -0.136. The molecule has 0 aromatic heterocycles. The maximum Gasteiger partial charge on any atom is 0.409 e. The number of likely N-dealkylation sites (tertiary alicyclic amines) is 1. The van der Waals surface area contributed by atoms with Gasteiger partial charge < -0.3 is 19.6 Å². The molecule has 0 radical (unpaired) electrons. The van der Waals surface area contributed by atoms with Gasteiger partial charge in [0.1, 0.15) is 5.88 Å². The third-order valence-corrected chi connectivity index (χ3v) is 4.24. The minimum atomic E-state index is -0.985. The molecule has 1 N–H and O–H groups in total. The van der Waals surface area contributed by atoms with E-state index in [1.807, 2.05) is 27.7 Å². The Bertz CT molecular complexity index is 407. The van der Waals surface area contributed by atoms with E-state index in [9.17, 15) is 14.7 Å². The van der Waals surface area contributed by atoms with Crippen molar-refractivity contribution in [1.82, 2.24) is 9.80 Å². The molecule has 1 heterocycles. The van der Waals surface area contributed by atoms with E-state index in [2.05, 4.69) is 0 Å². The molecule has 2 amide bonds. The highest BCUT2D eigenvalue weighted by Crippen LogP contribution is 2.25. The first-order valence-electron chi connectivity index (χ1n) is 8.18. The van der Waals surface area contributed by atoms with Crippen LogP contribution >= 0.6 is 11.6 Å². The summed E-state index contributed by atoms with van der Waals surface area (Å²) in [7, 11) is 0. The first-order chi connectivity index (χ1) is 10.7. The smallest absolute Gasteiger partial charge is 0.409 e. The van der Waals surface area contributed by atoms with E-state index in [4.69, 9.17) is 16.3 Å². The molecule has 134 valence electrons. The molecule has 1 fully saturated rings. The molecule has 0 aliphatic carbocycles. The Morgan fingerprint density at radius 3 is 2.26 bits per heavy atom. The highest BCUT2D eigenvalue weighted by atomic mass is 35.5. The zero-order chi connectivity index (χ0) is 17.6. The van der Waals surface area contributed by atoms with Crippen LogP contribution < -0.4 is 0 Å². The fourth-order valence-corrected chi connectivity index (χ4v) is 2.70. The Labute approximate surface area is 143 Å². The number of rotatable bonds is 6. The Kier molecular flexibility index (Phi) is 7.61. The first kappa shape index (κ1) is 20.0.